The number of nitrogens with one attached hydrogen (secondary N) is 1. The number of fused-ring (bicyclic) bond motifs is 1. The number of ether oxygens (including phenoxy) is 1. The summed E-state index contributed by atoms with van der Waals surface area (Å²) in [4.78, 5) is 14.6. The summed E-state index contributed by atoms with van der Waals surface area (Å²) in [5.41, 5.74) is 3.04. The van der Waals surface area contributed by atoms with Gasteiger partial charge in [-0.3, -0.25) is 4.79 Å². The Morgan fingerprint density at radius 1 is 1.21 bits per heavy atom. The van der Waals surface area contributed by atoms with Gasteiger partial charge in [0.05, 0.1) is 12.2 Å². The van der Waals surface area contributed by atoms with E-state index < -0.39 is 0 Å². The third-order valence-electron chi connectivity index (χ3n) is 5.79. The summed E-state index contributed by atoms with van der Waals surface area (Å²) in [6, 6.07) is 13.1. The second-order valence-electron chi connectivity index (χ2n) is 7.72. The molecule has 1 saturated heterocycles. The van der Waals surface area contributed by atoms with Gasteiger partial charge in [-0.1, -0.05) is 18.2 Å². The molecule has 2 aromatic rings. The van der Waals surface area contributed by atoms with Crippen molar-refractivity contribution in [2.24, 2.45) is 5.92 Å². The van der Waals surface area contributed by atoms with Crippen molar-refractivity contribution in [1.82, 2.24) is 5.32 Å². The van der Waals surface area contributed by atoms with Crippen LogP contribution in [0.5, 0.6) is 11.5 Å². The molecule has 1 unspecified atom stereocenters. The Kier molecular flexibility index (Phi) is 5.70. The Hall–Kier alpha value is -2.69. The summed E-state index contributed by atoms with van der Waals surface area (Å²) < 4.78 is 5.81. The number of amides is 1. The second kappa shape index (κ2) is 8.55. The van der Waals surface area contributed by atoms with Crippen molar-refractivity contribution in [2.45, 2.75) is 32.1 Å². The fraction of sp³-hybridized carbons (Fsp3) is 0.435. The molecular formula is C23H28N2O3. The van der Waals surface area contributed by atoms with Gasteiger partial charge >= 0.3 is 0 Å². The molecule has 5 heteroatoms. The van der Waals surface area contributed by atoms with Crippen molar-refractivity contribution < 1.29 is 14.6 Å². The summed E-state index contributed by atoms with van der Waals surface area (Å²) in [5.74, 6) is 1.53. The standard InChI is InChI=1S/C23H28N2O3/c26-21-10-2-1-7-19(21)23(27)24-13-4-6-17-12-14-25(16-17)20-9-3-11-22-18(20)8-5-15-28-22/h1-3,7,9-11,17,26H,4-6,8,12-16H2,(H,24,27). The summed E-state index contributed by atoms with van der Waals surface area (Å²) >= 11 is 0. The summed E-state index contributed by atoms with van der Waals surface area (Å²) in [6.45, 7) is 3.62. The highest BCUT2D eigenvalue weighted by atomic mass is 16.5. The normalized spacial score (nSPS) is 18.4. The van der Waals surface area contributed by atoms with Gasteiger partial charge in [-0.2, -0.15) is 0 Å². The van der Waals surface area contributed by atoms with E-state index in [1.807, 2.05) is 0 Å². The lowest BCUT2D eigenvalue weighted by Crippen LogP contribution is -2.25. The van der Waals surface area contributed by atoms with E-state index in [4.69, 9.17) is 4.74 Å². The number of nitrogens with zero attached hydrogens (tertiary/aromatic N) is 1. The van der Waals surface area contributed by atoms with E-state index in [1.165, 1.54) is 23.7 Å². The van der Waals surface area contributed by atoms with Crippen molar-refractivity contribution in [3.8, 4) is 11.5 Å². The van der Waals surface area contributed by atoms with Gasteiger partial charge in [-0.15, -0.1) is 0 Å². The maximum Gasteiger partial charge on any atom is 0.255 e. The van der Waals surface area contributed by atoms with Crippen LogP contribution in [0.25, 0.3) is 0 Å². The Bertz CT molecular complexity index is 836. The number of carbonyl (C=O) groups is 1. The van der Waals surface area contributed by atoms with E-state index in [2.05, 4.69) is 28.4 Å². The number of benzene rings is 2. The van der Waals surface area contributed by atoms with Crippen molar-refractivity contribution in [3.05, 3.63) is 53.6 Å². The zero-order valence-corrected chi connectivity index (χ0v) is 16.2. The van der Waals surface area contributed by atoms with Crippen molar-refractivity contribution >= 4 is 11.6 Å². The smallest absolute Gasteiger partial charge is 0.255 e. The molecule has 148 valence electrons. The van der Waals surface area contributed by atoms with Crippen molar-refractivity contribution in [3.63, 3.8) is 0 Å². The monoisotopic (exact) mass is 380 g/mol. The first kappa shape index (κ1) is 18.7. The molecule has 2 N–H and O–H groups in total. The molecule has 0 spiro atoms. The molecule has 1 amide bonds. The molecule has 0 saturated carbocycles. The van der Waals surface area contributed by atoms with Gasteiger partial charge in [-0.25, -0.2) is 0 Å². The van der Waals surface area contributed by atoms with E-state index in [0.717, 1.165) is 51.1 Å². The van der Waals surface area contributed by atoms with Crippen LogP contribution >= 0.6 is 0 Å². The Morgan fingerprint density at radius 3 is 3.00 bits per heavy atom. The minimum absolute atomic E-state index is 0.0293. The van der Waals surface area contributed by atoms with Gasteiger partial charge in [0.1, 0.15) is 11.5 Å². The number of aromatic hydroxyl groups is 1. The van der Waals surface area contributed by atoms with E-state index in [9.17, 15) is 9.90 Å². The number of para-hydroxylation sites is 1. The Labute approximate surface area is 166 Å². The van der Waals surface area contributed by atoms with Crippen LogP contribution in [-0.2, 0) is 6.42 Å². The maximum atomic E-state index is 12.1. The van der Waals surface area contributed by atoms with Crippen LogP contribution in [0.2, 0.25) is 0 Å². The number of hydrogen-bond donors (Lipinski definition) is 2. The topological polar surface area (TPSA) is 61.8 Å². The average Bonchev–Trinajstić information content (AvgIpc) is 3.20. The minimum Gasteiger partial charge on any atom is -0.507 e. The minimum atomic E-state index is -0.206. The molecule has 5 nitrogen and oxygen atoms in total. The zero-order valence-electron chi connectivity index (χ0n) is 16.2. The van der Waals surface area contributed by atoms with Gasteiger partial charge in [0, 0.05) is 30.9 Å². The molecule has 28 heavy (non-hydrogen) atoms. The second-order valence-corrected chi connectivity index (χ2v) is 7.72. The lowest BCUT2D eigenvalue weighted by Gasteiger charge is -2.26. The van der Waals surface area contributed by atoms with E-state index >= 15 is 0 Å². The third kappa shape index (κ3) is 4.08. The molecule has 4 rings (SSSR count). The predicted molar refractivity (Wildman–Crippen MR) is 110 cm³/mol. The summed E-state index contributed by atoms with van der Waals surface area (Å²) in [5, 5.41) is 12.7. The molecule has 0 radical (unpaired) electrons. The van der Waals surface area contributed by atoms with Crippen LogP contribution in [-0.4, -0.2) is 37.3 Å². The fourth-order valence-electron chi connectivity index (χ4n) is 4.31. The summed E-state index contributed by atoms with van der Waals surface area (Å²) in [6.07, 6.45) is 5.44. The van der Waals surface area contributed by atoms with Gasteiger partial charge in [0.25, 0.3) is 5.91 Å². The van der Waals surface area contributed by atoms with E-state index in [0.29, 0.717) is 18.0 Å². The van der Waals surface area contributed by atoms with E-state index in [-0.39, 0.29) is 11.7 Å². The highest BCUT2D eigenvalue weighted by Gasteiger charge is 2.26. The third-order valence-corrected chi connectivity index (χ3v) is 5.79. The van der Waals surface area contributed by atoms with Crippen LogP contribution in [0.3, 0.4) is 0 Å². The molecule has 0 aromatic heterocycles. The molecule has 1 fully saturated rings. The average molecular weight is 380 g/mol. The highest BCUT2D eigenvalue weighted by molar-refractivity contribution is 5.96. The largest absolute Gasteiger partial charge is 0.507 e. The lowest BCUT2D eigenvalue weighted by atomic mass is 10.0. The maximum absolute atomic E-state index is 12.1. The van der Waals surface area contributed by atoms with Gasteiger partial charge in [-0.05, 0) is 62.3 Å². The van der Waals surface area contributed by atoms with Gasteiger partial charge < -0.3 is 20.1 Å². The van der Waals surface area contributed by atoms with Crippen LogP contribution in [0.1, 0.15) is 41.6 Å². The first-order valence-corrected chi connectivity index (χ1v) is 10.3. The van der Waals surface area contributed by atoms with E-state index in [1.54, 1.807) is 18.2 Å². The fourth-order valence-corrected chi connectivity index (χ4v) is 4.31. The van der Waals surface area contributed by atoms with Crippen LogP contribution in [0, 0.1) is 5.92 Å². The molecule has 2 heterocycles. The van der Waals surface area contributed by atoms with Crippen molar-refractivity contribution in [2.75, 3.05) is 31.1 Å². The first-order valence-electron chi connectivity index (χ1n) is 10.3. The molecule has 1 atom stereocenters. The zero-order chi connectivity index (χ0) is 19.3. The molecule has 2 aliphatic rings. The number of carbonyl (C=O) groups excluding carboxylic acids is 1. The predicted octanol–water partition coefficient (Wildman–Crippen LogP) is 3.75. The quantitative estimate of drug-likeness (QED) is 0.749. The van der Waals surface area contributed by atoms with Crippen LogP contribution in [0.4, 0.5) is 5.69 Å². The Morgan fingerprint density at radius 2 is 2.11 bits per heavy atom. The number of phenols is 1. The molecule has 0 aliphatic carbocycles. The molecular weight excluding hydrogens is 352 g/mol. The van der Waals surface area contributed by atoms with Crippen molar-refractivity contribution in [1.29, 1.82) is 0 Å². The number of anilines is 1. The SMILES string of the molecule is O=C(NCCCC1CCN(c2cccc3c2CCCO3)C1)c1ccccc1O. The van der Waals surface area contributed by atoms with Gasteiger partial charge in [0.15, 0.2) is 0 Å². The van der Waals surface area contributed by atoms with Crippen LogP contribution in [0.15, 0.2) is 42.5 Å². The first-order chi connectivity index (χ1) is 13.7. The molecule has 0 bridgehead atoms. The molecule has 2 aliphatic heterocycles. The number of hydrogen-bond acceptors (Lipinski definition) is 4. The Balaban J connectivity index is 1.25. The summed E-state index contributed by atoms with van der Waals surface area (Å²) in [7, 11) is 0. The number of rotatable bonds is 6. The van der Waals surface area contributed by atoms with Crippen LogP contribution < -0.4 is 15.0 Å². The number of phenolic OH excluding ortho intramolecular Hbond substituents is 1. The molecule has 2 aromatic carbocycles. The lowest BCUT2D eigenvalue weighted by molar-refractivity contribution is 0.0950. The highest BCUT2D eigenvalue weighted by Crippen LogP contribution is 2.36. The van der Waals surface area contributed by atoms with Gasteiger partial charge in [0.2, 0.25) is 0 Å².